The fraction of sp³-hybridized carbons (Fsp3) is 0.714. The molecular formula is C7H11FN4. The third-order valence-corrected chi connectivity index (χ3v) is 2.34. The molecule has 2 N–H and O–H groups in total. The van der Waals surface area contributed by atoms with Crippen molar-refractivity contribution in [1.29, 1.82) is 0 Å². The summed E-state index contributed by atoms with van der Waals surface area (Å²) in [6, 6.07) is -0.00935. The van der Waals surface area contributed by atoms with E-state index in [2.05, 4.69) is 10.3 Å². The molecule has 1 aromatic rings. The molecule has 0 radical (unpaired) electrons. The molecule has 1 heterocycles. The van der Waals surface area contributed by atoms with Crippen LogP contribution in [-0.4, -0.2) is 21.0 Å². The zero-order valence-corrected chi connectivity index (χ0v) is 6.87. The van der Waals surface area contributed by atoms with Gasteiger partial charge < -0.3 is 5.73 Å². The molecule has 1 fully saturated rings. The number of alkyl halides is 1. The molecular weight excluding hydrogens is 159 g/mol. The van der Waals surface area contributed by atoms with Gasteiger partial charge in [0, 0.05) is 25.9 Å². The summed E-state index contributed by atoms with van der Waals surface area (Å²) in [5.74, 6) is 0. The van der Waals surface area contributed by atoms with Crippen LogP contribution in [0.3, 0.4) is 0 Å². The Morgan fingerprint density at radius 3 is 2.83 bits per heavy atom. The Morgan fingerprint density at radius 1 is 1.75 bits per heavy atom. The third kappa shape index (κ3) is 0.929. The molecule has 0 unspecified atom stereocenters. The van der Waals surface area contributed by atoms with Crippen molar-refractivity contribution in [2.24, 2.45) is 12.8 Å². The highest BCUT2D eigenvalue weighted by Gasteiger charge is 2.46. The molecule has 1 saturated carbocycles. The highest BCUT2D eigenvalue weighted by Crippen LogP contribution is 2.43. The van der Waals surface area contributed by atoms with Crippen LogP contribution >= 0.6 is 0 Å². The topological polar surface area (TPSA) is 56.7 Å². The van der Waals surface area contributed by atoms with Gasteiger partial charge in [-0.2, -0.15) is 0 Å². The number of nitrogens with two attached hydrogens (primary N) is 1. The number of nitrogens with zero attached hydrogens (tertiary/aromatic N) is 3. The number of rotatable bonds is 1. The summed E-state index contributed by atoms with van der Waals surface area (Å²) < 4.78 is 15.3. The van der Waals surface area contributed by atoms with Crippen LogP contribution in [0.25, 0.3) is 0 Å². The van der Waals surface area contributed by atoms with E-state index in [1.165, 1.54) is 10.9 Å². The van der Waals surface area contributed by atoms with Crippen LogP contribution < -0.4 is 5.73 Å². The maximum Gasteiger partial charge on any atom is 0.156 e. The molecule has 0 spiro atoms. The normalized spacial score (nSPS) is 34.8. The van der Waals surface area contributed by atoms with Crippen LogP contribution in [0.4, 0.5) is 4.39 Å². The van der Waals surface area contributed by atoms with Crippen LogP contribution in [0.5, 0.6) is 0 Å². The second-order valence-corrected chi connectivity index (χ2v) is 3.38. The zero-order chi connectivity index (χ0) is 8.77. The van der Waals surface area contributed by atoms with Gasteiger partial charge in [0.05, 0.1) is 11.9 Å². The second kappa shape index (κ2) is 2.26. The minimum absolute atomic E-state index is 0.00935. The number of hydrogen-bond acceptors (Lipinski definition) is 3. The van der Waals surface area contributed by atoms with E-state index in [1.54, 1.807) is 7.05 Å². The third-order valence-electron chi connectivity index (χ3n) is 2.34. The summed E-state index contributed by atoms with van der Waals surface area (Å²) in [6.07, 6.45) is 2.23. The predicted octanol–water partition coefficient (Wildman–Crippen LogP) is 0.101. The highest BCUT2D eigenvalue weighted by molar-refractivity contribution is 5.15. The van der Waals surface area contributed by atoms with E-state index >= 15 is 0 Å². The average molecular weight is 170 g/mol. The van der Waals surface area contributed by atoms with Gasteiger partial charge in [-0.1, -0.05) is 5.21 Å². The summed E-state index contributed by atoms with van der Waals surface area (Å²) in [5.41, 5.74) is 4.77. The molecule has 5 heteroatoms. The fourth-order valence-electron chi connectivity index (χ4n) is 1.68. The lowest BCUT2D eigenvalue weighted by atomic mass is 9.76. The molecule has 0 aromatic carbocycles. The Balaban J connectivity index is 2.26. The minimum atomic E-state index is -1.28. The number of aromatic nitrogens is 3. The lowest BCUT2D eigenvalue weighted by Gasteiger charge is -2.38. The Labute approximate surface area is 69.6 Å². The van der Waals surface area contributed by atoms with Gasteiger partial charge in [-0.05, 0) is 0 Å². The van der Waals surface area contributed by atoms with Gasteiger partial charge >= 0.3 is 0 Å². The molecule has 2 rings (SSSR count). The Kier molecular flexibility index (Phi) is 1.44. The molecule has 0 aliphatic heterocycles. The molecule has 12 heavy (non-hydrogen) atoms. The number of hydrogen-bond donors (Lipinski definition) is 1. The van der Waals surface area contributed by atoms with Gasteiger partial charge in [0.1, 0.15) is 0 Å². The molecule has 66 valence electrons. The van der Waals surface area contributed by atoms with Crippen molar-refractivity contribution >= 4 is 0 Å². The summed E-state index contributed by atoms with van der Waals surface area (Å²) in [4.78, 5) is 0. The standard InChI is InChI=1S/C7H11FN4/c1-12-6(4-10-11-12)7(8)2-5(9)3-7/h4-5H,2-3,9H2,1H3. The van der Waals surface area contributed by atoms with Gasteiger partial charge in [-0.15, -0.1) is 5.10 Å². The molecule has 0 atom stereocenters. The Morgan fingerprint density at radius 2 is 2.42 bits per heavy atom. The minimum Gasteiger partial charge on any atom is -0.327 e. The van der Waals surface area contributed by atoms with Crippen molar-refractivity contribution in [2.45, 2.75) is 24.6 Å². The van der Waals surface area contributed by atoms with Gasteiger partial charge in [0.2, 0.25) is 0 Å². The van der Waals surface area contributed by atoms with Gasteiger partial charge in [0.15, 0.2) is 5.67 Å². The molecule has 0 amide bonds. The van der Waals surface area contributed by atoms with Gasteiger partial charge in [0.25, 0.3) is 0 Å². The molecule has 1 aliphatic rings. The quantitative estimate of drug-likeness (QED) is 0.650. The lowest BCUT2D eigenvalue weighted by Crippen LogP contribution is -2.47. The Bertz CT molecular complexity index is 289. The first-order valence-corrected chi connectivity index (χ1v) is 3.91. The highest BCUT2D eigenvalue weighted by atomic mass is 19.1. The van der Waals surface area contributed by atoms with E-state index in [-0.39, 0.29) is 6.04 Å². The van der Waals surface area contributed by atoms with Crippen molar-refractivity contribution in [1.82, 2.24) is 15.0 Å². The first kappa shape index (κ1) is 7.67. The predicted molar refractivity (Wildman–Crippen MR) is 41.0 cm³/mol. The van der Waals surface area contributed by atoms with Crippen LogP contribution in [0.2, 0.25) is 0 Å². The second-order valence-electron chi connectivity index (χ2n) is 3.38. The van der Waals surface area contributed by atoms with Crippen molar-refractivity contribution < 1.29 is 4.39 Å². The number of aryl methyl sites for hydroxylation is 1. The average Bonchev–Trinajstić information content (AvgIpc) is 2.32. The van der Waals surface area contributed by atoms with Crippen molar-refractivity contribution in [3.05, 3.63) is 11.9 Å². The van der Waals surface area contributed by atoms with Gasteiger partial charge in [-0.25, -0.2) is 9.07 Å². The first-order valence-electron chi connectivity index (χ1n) is 3.91. The van der Waals surface area contributed by atoms with E-state index in [1.807, 2.05) is 0 Å². The zero-order valence-electron chi connectivity index (χ0n) is 6.87. The van der Waals surface area contributed by atoms with Crippen LogP contribution in [0.1, 0.15) is 18.5 Å². The maximum absolute atomic E-state index is 13.8. The molecule has 4 nitrogen and oxygen atoms in total. The van der Waals surface area contributed by atoms with Crippen molar-refractivity contribution in [3.8, 4) is 0 Å². The first-order chi connectivity index (χ1) is 5.62. The van der Waals surface area contributed by atoms with E-state index in [9.17, 15) is 4.39 Å². The lowest BCUT2D eigenvalue weighted by molar-refractivity contribution is 0.0321. The van der Waals surface area contributed by atoms with E-state index in [0.29, 0.717) is 18.5 Å². The van der Waals surface area contributed by atoms with Crippen LogP contribution in [0.15, 0.2) is 6.20 Å². The maximum atomic E-state index is 13.8. The van der Waals surface area contributed by atoms with E-state index in [4.69, 9.17) is 5.73 Å². The smallest absolute Gasteiger partial charge is 0.156 e. The Hall–Kier alpha value is -0.970. The fourth-order valence-corrected chi connectivity index (χ4v) is 1.68. The van der Waals surface area contributed by atoms with Gasteiger partial charge in [-0.3, -0.25) is 0 Å². The summed E-state index contributed by atoms with van der Waals surface area (Å²) in [7, 11) is 1.69. The van der Waals surface area contributed by atoms with Crippen LogP contribution in [-0.2, 0) is 12.7 Å². The molecule has 0 bridgehead atoms. The van der Waals surface area contributed by atoms with Crippen molar-refractivity contribution in [3.63, 3.8) is 0 Å². The monoisotopic (exact) mass is 170 g/mol. The molecule has 1 aromatic heterocycles. The summed E-state index contributed by atoms with van der Waals surface area (Å²) in [5, 5.41) is 7.30. The van der Waals surface area contributed by atoms with E-state index < -0.39 is 5.67 Å². The van der Waals surface area contributed by atoms with E-state index in [0.717, 1.165) is 0 Å². The molecule has 1 aliphatic carbocycles. The SMILES string of the molecule is Cn1nncc1C1(F)CC(N)C1. The van der Waals surface area contributed by atoms with Crippen molar-refractivity contribution in [2.75, 3.05) is 0 Å². The molecule has 0 saturated heterocycles. The summed E-state index contributed by atoms with van der Waals surface area (Å²) in [6.45, 7) is 0. The largest absolute Gasteiger partial charge is 0.327 e. The van der Waals surface area contributed by atoms with Crippen LogP contribution in [0, 0.1) is 0 Å². The summed E-state index contributed by atoms with van der Waals surface area (Å²) >= 11 is 0. The number of halogens is 1.